The third-order valence-corrected chi connectivity index (χ3v) is 4.46. The van der Waals surface area contributed by atoms with Gasteiger partial charge in [-0.3, -0.25) is 9.59 Å². The van der Waals surface area contributed by atoms with Gasteiger partial charge in [0, 0.05) is 6.54 Å². The number of amides is 2. The predicted molar refractivity (Wildman–Crippen MR) is 125 cm³/mol. The summed E-state index contributed by atoms with van der Waals surface area (Å²) in [6.07, 6.45) is 2.84. The first-order valence-corrected chi connectivity index (χ1v) is 10.7. The molecule has 9 heteroatoms. The molecule has 0 radical (unpaired) electrons. The van der Waals surface area contributed by atoms with Crippen molar-refractivity contribution in [3.8, 4) is 23.0 Å². The highest BCUT2D eigenvalue weighted by atomic mass is 16.5. The Morgan fingerprint density at radius 2 is 1.67 bits per heavy atom. The highest BCUT2D eigenvalue weighted by Gasteiger charge is 2.12. The lowest BCUT2D eigenvalue weighted by atomic mass is 10.1. The van der Waals surface area contributed by atoms with E-state index in [1.54, 1.807) is 38.5 Å². The number of benzene rings is 2. The van der Waals surface area contributed by atoms with Crippen LogP contribution in [0.5, 0.6) is 23.0 Å². The molecule has 0 aromatic heterocycles. The molecule has 178 valence electrons. The van der Waals surface area contributed by atoms with Crippen molar-refractivity contribution in [2.24, 2.45) is 5.10 Å². The Balaban J connectivity index is 1.84. The van der Waals surface area contributed by atoms with E-state index in [1.165, 1.54) is 6.21 Å². The minimum atomic E-state index is -0.855. The van der Waals surface area contributed by atoms with E-state index in [2.05, 4.69) is 15.8 Å². The number of hydrogen-bond donors (Lipinski definition) is 2. The van der Waals surface area contributed by atoms with Crippen LogP contribution in [0.2, 0.25) is 0 Å². The van der Waals surface area contributed by atoms with Crippen molar-refractivity contribution < 1.29 is 28.5 Å². The van der Waals surface area contributed by atoms with E-state index in [0.717, 1.165) is 12.0 Å². The molecule has 2 rings (SSSR count). The van der Waals surface area contributed by atoms with Crippen molar-refractivity contribution in [3.05, 3.63) is 47.5 Å². The van der Waals surface area contributed by atoms with Gasteiger partial charge < -0.3 is 24.3 Å². The van der Waals surface area contributed by atoms with Gasteiger partial charge in [0.2, 0.25) is 0 Å². The summed E-state index contributed by atoms with van der Waals surface area (Å²) < 4.78 is 21.7. The number of carbonyl (C=O) groups is 2. The normalized spacial score (nSPS) is 10.5. The van der Waals surface area contributed by atoms with Crippen molar-refractivity contribution in [1.29, 1.82) is 0 Å². The standard InChI is InChI=1S/C24H31N3O6/c1-5-13-33-20-10-8-18(15-22(20)32-6-2)16-26-27-24(29)23(28)25-12-11-17-7-9-19(30-3)21(14-17)31-4/h7-10,14-16H,5-6,11-13H2,1-4H3,(H,25,28)(H,27,29)/b26-16-. The number of methoxy groups -OCH3 is 2. The minimum absolute atomic E-state index is 0.280. The van der Waals surface area contributed by atoms with Crippen LogP contribution in [0.3, 0.4) is 0 Å². The molecule has 0 aliphatic rings. The van der Waals surface area contributed by atoms with Crippen molar-refractivity contribution >= 4 is 18.0 Å². The first-order chi connectivity index (χ1) is 16.0. The lowest BCUT2D eigenvalue weighted by Crippen LogP contribution is -2.38. The highest BCUT2D eigenvalue weighted by molar-refractivity contribution is 6.35. The van der Waals surface area contributed by atoms with Crippen LogP contribution in [0.15, 0.2) is 41.5 Å². The Morgan fingerprint density at radius 3 is 2.36 bits per heavy atom. The molecule has 2 aromatic carbocycles. The second-order valence-corrected chi connectivity index (χ2v) is 6.88. The number of rotatable bonds is 12. The molecular weight excluding hydrogens is 426 g/mol. The van der Waals surface area contributed by atoms with Gasteiger partial charge in [-0.2, -0.15) is 5.10 Å². The number of ether oxygens (including phenoxy) is 4. The van der Waals surface area contributed by atoms with Gasteiger partial charge >= 0.3 is 11.8 Å². The van der Waals surface area contributed by atoms with E-state index in [4.69, 9.17) is 18.9 Å². The zero-order valence-electron chi connectivity index (χ0n) is 19.5. The summed E-state index contributed by atoms with van der Waals surface area (Å²) in [5.74, 6) is 0.838. The van der Waals surface area contributed by atoms with Crippen molar-refractivity contribution in [2.75, 3.05) is 34.0 Å². The summed E-state index contributed by atoms with van der Waals surface area (Å²) in [5.41, 5.74) is 3.85. The maximum atomic E-state index is 12.0. The van der Waals surface area contributed by atoms with E-state index in [1.807, 2.05) is 26.0 Å². The fourth-order valence-corrected chi connectivity index (χ4v) is 2.86. The SMILES string of the molecule is CCCOc1ccc(/C=N\NC(=O)C(=O)NCCc2ccc(OC)c(OC)c2)cc1OCC. The minimum Gasteiger partial charge on any atom is -0.493 e. The largest absolute Gasteiger partial charge is 0.493 e. The zero-order chi connectivity index (χ0) is 24.1. The second kappa shape index (κ2) is 13.6. The second-order valence-electron chi connectivity index (χ2n) is 6.88. The van der Waals surface area contributed by atoms with Gasteiger partial charge in [-0.05, 0) is 61.2 Å². The van der Waals surface area contributed by atoms with Crippen LogP contribution in [-0.4, -0.2) is 52.0 Å². The summed E-state index contributed by atoms with van der Waals surface area (Å²) in [4.78, 5) is 24.0. The monoisotopic (exact) mass is 457 g/mol. The third kappa shape index (κ3) is 8.03. The van der Waals surface area contributed by atoms with Crippen molar-refractivity contribution in [3.63, 3.8) is 0 Å². The molecule has 0 saturated carbocycles. The molecule has 0 unspecified atom stereocenters. The van der Waals surface area contributed by atoms with Crippen LogP contribution < -0.4 is 29.7 Å². The van der Waals surface area contributed by atoms with Crippen LogP contribution >= 0.6 is 0 Å². The topological polar surface area (TPSA) is 107 Å². The van der Waals surface area contributed by atoms with Crippen molar-refractivity contribution in [2.45, 2.75) is 26.7 Å². The third-order valence-electron chi connectivity index (χ3n) is 4.46. The quantitative estimate of drug-likeness (QED) is 0.288. The number of hydrazone groups is 1. The lowest BCUT2D eigenvalue weighted by molar-refractivity contribution is -0.139. The molecular formula is C24H31N3O6. The average molecular weight is 458 g/mol. The van der Waals surface area contributed by atoms with E-state index in [-0.39, 0.29) is 6.54 Å². The first-order valence-electron chi connectivity index (χ1n) is 10.7. The summed E-state index contributed by atoms with van der Waals surface area (Å²) in [7, 11) is 3.12. The summed E-state index contributed by atoms with van der Waals surface area (Å²) >= 11 is 0. The van der Waals surface area contributed by atoms with E-state index in [0.29, 0.717) is 48.2 Å². The van der Waals surface area contributed by atoms with Crippen molar-refractivity contribution in [1.82, 2.24) is 10.7 Å². The molecule has 2 aromatic rings. The fraction of sp³-hybridized carbons (Fsp3) is 0.375. The molecule has 0 fully saturated rings. The predicted octanol–water partition coefficient (Wildman–Crippen LogP) is 2.70. The van der Waals surface area contributed by atoms with Gasteiger partial charge in [0.15, 0.2) is 23.0 Å². The molecule has 0 saturated heterocycles. The fourth-order valence-electron chi connectivity index (χ4n) is 2.86. The van der Waals surface area contributed by atoms with Gasteiger partial charge in [0.05, 0.1) is 33.6 Å². The number of carbonyl (C=O) groups excluding carboxylic acids is 2. The molecule has 0 atom stereocenters. The Labute approximate surface area is 194 Å². The van der Waals surface area contributed by atoms with E-state index in [9.17, 15) is 9.59 Å². The maximum Gasteiger partial charge on any atom is 0.329 e. The molecule has 0 aliphatic heterocycles. The van der Waals surface area contributed by atoms with Crippen LogP contribution in [0.1, 0.15) is 31.4 Å². The smallest absolute Gasteiger partial charge is 0.329 e. The van der Waals surface area contributed by atoms with Crippen LogP contribution in [0.25, 0.3) is 0 Å². The average Bonchev–Trinajstić information content (AvgIpc) is 2.83. The number of nitrogens with one attached hydrogen (secondary N) is 2. The molecule has 9 nitrogen and oxygen atoms in total. The summed E-state index contributed by atoms with van der Waals surface area (Å²) in [6, 6.07) is 10.8. The van der Waals surface area contributed by atoms with Gasteiger partial charge in [0.25, 0.3) is 0 Å². The molecule has 0 bridgehead atoms. The van der Waals surface area contributed by atoms with Crippen LogP contribution in [0, 0.1) is 0 Å². The molecule has 0 heterocycles. The first kappa shape index (κ1) is 25.5. The lowest BCUT2D eigenvalue weighted by Gasteiger charge is -2.11. The van der Waals surface area contributed by atoms with Gasteiger partial charge in [-0.1, -0.05) is 13.0 Å². The van der Waals surface area contributed by atoms with Crippen LogP contribution in [0.4, 0.5) is 0 Å². The maximum absolute atomic E-state index is 12.0. The zero-order valence-corrected chi connectivity index (χ0v) is 19.5. The molecule has 2 N–H and O–H groups in total. The number of hydrogen-bond acceptors (Lipinski definition) is 7. The van der Waals surface area contributed by atoms with E-state index >= 15 is 0 Å². The Kier molecular flexibility index (Phi) is 10.5. The van der Waals surface area contributed by atoms with Gasteiger partial charge in [-0.15, -0.1) is 0 Å². The Bertz CT molecular complexity index is 961. The molecule has 2 amide bonds. The van der Waals surface area contributed by atoms with Gasteiger partial charge in [0.1, 0.15) is 0 Å². The summed E-state index contributed by atoms with van der Waals surface area (Å²) in [6.45, 7) is 5.27. The molecule has 0 aliphatic carbocycles. The Morgan fingerprint density at radius 1 is 0.909 bits per heavy atom. The highest BCUT2D eigenvalue weighted by Crippen LogP contribution is 2.28. The molecule has 33 heavy (non-hydrogen) atoms. The van der Waals surface area contributed by atoms with Crippen LogP contribution in [-0.2, 0) is 16.0 Å². The summed E-state index contributed by atoms with van der Waals surface area (Å²) in [5, 5.41) is 6.42. The van der Waals surface area contributed by atoms with Gasteiger partial charge in [-0.25, -0.2) is 5.43 Å². The number of nitrogens with zero attached hydrogens (tertiary/aromatic N) is 1. The Hall–Kier alpha value is -3.75. The van der Waals surface area contributed by atoms with E-state index < -0.39 is 11.8 Å². The molecule has 0 spiro atoms.